The van der Waals surface area contributed by atoms with Crippen LogP contribution in [0.1, 0.15) is 11.1 Å². The smallest absolute Gasteiger partial charge is 0.248 e. The molecule has 0 saturated heterocycles. The van der Waals surface area contributed by atoms with Crippen molar-refractivity contribution in [3.05, 3.63) is 39.7 Å². The maximum Gasteiger partial charge on any atom is 0.248 e. The standard InChI is InChI=1S/C13H12BrNO2/c1-7-4-8-5-9(6-14)17-13(8)10-2-3-11(16)15-12(7)10/h2-4,9H,5-6H2,1H3,(H,15,16). The van der Waals surface area contributed by atoms with Crippen molar-refractivity contribution in [1.82, 2.24) is 4.98 Å². The SMILES string of the molecule is Cc1cc2c(c3ccc(=O)[nH]c13)OC(CBr)C2. The summed E-state index contributed by atoms with van der Waals surface area (Å²) in [5.74, 6) is 0.923. The van der Waals surface area contributed by atoms with Crippen molar-refractivity contribution in [2.24, 2.45) is 0 Å². The molecule has 1 atom stereocenters. The predicted molar refractivity (Wildman–Crippen MR) is 71.2 cm³/mol. The summed E-state index contributed by atoms with van der Waals surface area (Å²) in [4.78, 5) is 14.2. The van der Waals surface area contributed by atoms with Gasteiger partial charge in [-0.25, -0.2) is 0 Å². The average molecular weight is 294 g/mol. The minimum Gasteiger partial charge on any atom is -0.488 e. The molecule has 4 heteroatoms. The minimum atomic E-state index is -0.0735. The zero-order chi connectivity index (χ0) is 12.0. The number of hydrogen-bond donors (Lipinski definition) is 1. The van der Waals surface area contributed by atoms with Gasteiger partial charge in [0.15, 0.2) is 0 Å². The van der Waals surface area contributed by atoms with E-state index < -0.39 is 0 Å². The van der Waals surface area contributed by atoms with Crippen molar-refractivity contribution >= 4 is 26.8 Å². The van der Waals surface area contributed by atoms with E-state index >= 15 is 0 Å². The number of ether oxygens (including phenoxy) is 1. The van der Waals surface area contributed by atoms with Gasteiger partial charge >= 0.3 is 0 Å². The lowest BCUT2D eigenvalue weighted by Crippen LogP contribution is -2.13. The molecule has 1 aliphatic heterocycles. The van der Waals surface area contributed by atoms with Crippen LogP contribution < -0.4 is 10.3 Å². The quantitative estimate of drug-likeness (QED) is 0.821. The first-order valence-corrected chi connectivity index (χ1v) is 6.69. The molecule has 0 saturated carbocycles. The molecule has 2 heterocycles. The van der Waals surface area contributed by atoms with Gasteiger partial charge in [-0.2, -0.15) is 0 Å². The van der Waals surface area contributed by atoms with Gasteiger partial charge in [-0.15, -0.1) is 0 Å². The predicted octanol–water partition coefficient (Wildman–Crippen LogP) is 2.53. The Morgan fingerprint density at radius 2 is 2.35 bits per heavy atom. The first-order valence-electron chi connectivity index (χ1n) is 5.57. The summed E-state index contributed by atoms with van der Waals surface area (Å²) in [5, 5.41) is 1.83. The lowest BCUT2D eigenvalue weighted by Gasteiger charge is -2.09. The average Bonchev–Trinajstić information content (AvgIpc) is 2.72. The van der Waals surface area contributed by atoms with Crippen LogP contribution in [0.25, 0.3) is 10.9 Å². The molecule has 0 bridgehead atoms. The molecular formula is C13H12BrNO2. The summed E-state index contributed by atoms with van der Waals surface area (Å²) in [6.45, 7) is 2.01. The number of rotatable bonds is 1. The number of fused-ring (bicyclic) bond motifs is 3. The number of alkyl halides is 1. The summed E-state index contributed by atoms with van der Waals surface area (Å²) < 4.78 is 5.90. The fourth-order valence-electron chi connectivity index (χ4n) is 2.38. The van der Waals surface area contributed by atoms with Gasteiger partial charge in [-0.05, 0) is 24.1 Å². The Kier molecular flexibility index (Phi) is 2.47. The summed E-state index contributed by atoms with van der Waals surface area (Å²) in [5.41, 5.74) is 3.13. The summed E-state index contributed by atoms with van der Waals surface area (Å²) in [7, 11) is 0. The van der Waals surface area contributed by atoms with Crippen LogP contribution >= 0.6 is 15.9 Å². The van der Waals surface area contributed by atoms with Gasteiger partial charge < -0.3 is 9.72 Å². The number of hydrogen-bond acceptors (Lipinski definition) is 2. The van der Waals surface area contributed by atoms with Crippen molar-refractivity contribution < 1.29 is 4.74 Å². The van der Waals surface area contributed by atoms with E-state index in [9.17, 15) is 4.79 Å². The number of pyridine rings is 1. The molecule has 3 nitrogen and oxygen atoms in total. The second kappa shape index (κ2) is 3.88. The summed E-state index contributed by atoms with van der Waals surface area (Å²) >= 11 is 3.45. The Balaban J connectivity index is 2.30. The van der Waals surface area contributed by atoms with Crippen LogP contribution in [0.5, 0.6) is 5.75 Å². The van der Waals surface area contributed by atoms with Gasteiger partial charge in [0, 0.05) is 23.2 Å². The Labute approximate surface area is 107 Å². The molecule has 0 spiro atoms. The molecule has 1 aliphatic rings. The highest BCUT2D eigenvalue weighted by molar-refractivity contribution is 9.09. The van der Waals surface area contributed by atoms with Crippen LogP contribution in [0.2, 0.25) is 0 Å². The summed E-state index contributed by atoms with van der Waals surface area (Å²) in [6.07, 6.45) is 1.12. The van der Waals surface area contributed by atoms with Crippen LogP contribution in [0.4, 0.5) is 0 Å². The Hall–Kier alpha value is -1.29. The topological polar surface area (TPSA) is 42.1 Å². The lowest BCUT2D eigenvalue weighted by atomic mass is 10.0. The first-order chi connectivity index (χ1) is 8.19. The van der Waals surface area contributed by atoms with E-state index in [-0.39, 0.29) is 11.7 Å². The molecular weight excluding hydrogens is 282 g/mol. The second-order valence-corrected chi connectivity index (χ2v) is 5.04. The zero-order valence-electron chi connectivity index (χ0n) is 9.42. The van der Waals surface area contributed by atoms with Crippen molar-refractivity contribution in [3.63, 3.8) is 0 Å². The van der Waals surface area contributed by atoms with E-state index in [0.717, 1.165) is 34.0 Å². The molecule has 0 aliphatic carbocycles. The van der Waals surface area contributed by atoms with Crippen LogP contribution in [0.15, 0.2) is 23.0 Å². The van der Waals surface area contributed by atoms with Gasteiger partial charge in [0.1, 0.15) is 11.9 Å². The number of aryl methyl sites for hydroxylation is 1. The van der Waals surface area contributed by atoms with Gasteiger partial charge in [-0.3, -0.25) is 4.79 Å². The monoisotopic (exact) mass is 293 g/mol. The van der Waals surface area contributed by atoms with Crippen molar-refractivity contribution in [2.75, 3.05) is 5.33 Å². The zero-order valence-corrected chi connectivity index (χ0v) is 11.0. The highest BCUT2D eigenvalue weighted by Crippen LogP contribution is 2.37. The third-order valence-corrected chi connectivity index (χ3v) is 3.87. The molecule has 0 radical (unpaired) electrons. The number of nitrogens with one attached hydrogen (secondary N) is 1. The molecule has 88 valence electrons. The lowest BCUT2D eigenvalue weighted by molar-refractivity contribution is 0.263. The largest absolute Gasteiger partial charge is 0.488 e. The molecule has 0 fully saturated rings. The highest BCUT2D eigenvalue weighted by atomic mass is 79.9. The van der Waals surface area contributed by atoms with Gasteiger partial charge in [0.25, 0.3) is 0 Å². The van der Waals surface area contributed by atoms with Crippen LogP contribution in [-0.4, -0.2) is 16.4 Å². The number of halogens is 1. The van der Waals surface area contributed by atoms with Gasteiger partial charge in [-0.1, -0.05) is 22.0 Å². The van der Waals surface area contributed by atoms with E-state index in [1.807, 2.05) is 13.0 Å². The maximum absolute atomic E-state index is 11.4. The van der Waals surface area contributed by atoms with E-state index in [1.165, 1.54) is 5.56 Å². The minimum absolute atomic E-state index is 0.0735. The molecule has 2 aromatic rings. The van der Waals surface area contributed by atoms with Crippen LogP contribution in [0, 0.1) is 6.92 Å². The fraction of sp³-hybridized carbons (Fsp3) is 0.308. The number of benzene rings is 1. The molecule has 0 amide bonds. The van der Waals surface area contributed by atoms with Crippen LogP contribution in [-0.2, 0) is 6.42 Å². The number of aromatic nitrogens is 1. The Morgan fingerprint density at radius 3 is 3.12 bits per heavy atom. The third kappa shape index (κ3) is 1.67. The van der Waals surface area contributed by atoms with E-state index in [2.05, 4.69) is 27.0 Å². The van der Waals surface area contributed by atoms with Gasteiger partial charge in [0.2, 0.25) is 5.56 Å². The maximum atomic E-state index is 11.4. The van der Waals surface area contributed by atoms with Crippen molar-refractivity contribution in [2.45, 2.75) is 19.4 Å². The number of aromatic amines is 1. The Bertz CT molecular complexity index is 648. The fourth-order valence-corrected chi connectivity index (χ4v) is 2.74. The second-order valence-electron chi connectivity index (χ2n) is 4.39. The Morgan fingerprint density at radius 1 is 1.53 bits per heavy atom. The first kappa shape index (κ1) is 10.8. The highest BCUT2D eigenvalue weighted by Gasteiger charge is 2.24. The molecule has 1 N–H and O–H groups in total. The third-order valence-electron chi connectivity index (χ3n) is 3.14. The van der Waals surface area contributed by atoms with E-state index in [4.69, 9.17) is 4.74 Å². The normalized spacial score (nSPS) is 18.1. The van der Waals surface area contributed by atoms with Gasteiger partial charge in [0.05, 0.1) is 5.52 Å². The molecule has 1 aromatic carbocycles. The van der Waals surface area contributed by atoms with Crippen molar-refractivity contribution in [3.8, 4) is 5.75 Å². The van der Waals surface area contributed by atoms with E-state index in [0.29, 0.717) is 0 Å². The van der Waals surface area contributed by atoms with E-state index in [1.54, 1.807) is 6.07 Å². The number of H-pyrrole nitrogens is 1. The van der Waals surface area contributed by atoms with Crippen LogP contribution in [0.3, 0.4) is 0 Å². The molecule has 17 heavy (non-hydrogen) atoms. The van der Waals surface area contributed by atoms with Crippen molar-refractivity contribution in [1.29, 1.82) is 0 Å². The molecule has 1 aromatic heterocycles. The summed E-state index contributed by atoms with van der Waals surface area (Å²) in [6, 6.07) is 5.50. The molecule has 1 unspecified atom stereocenters. The molecule has 3 rings (SSSR count).